The van der Waals surface area contributed by atoms with Gasteiger partial charge in [-0.2, -0.15) is 0 Å². The summed E-state index contributed by atoms with van der Waals surface area (Å²) in [6, 6.07) is 12.2. The van der Waals surface area contributed by atoms with Crippen LogP contribution in [0.5, 0.6) is 0 Å². The van der Waals surface area contributed by atoms with Gasteiger partial charge in [-0.1, -0.05) is 36.8 Å². The molecule has 0 radical (unpaired) electrons. The third-order valence-corrected chi connectivity index (χ3v) is 5.96. The molecule has 0 heterocycles. The molecule has 0 aliphatic carbocycles. The van der Waals surface area contributed by atoms with Gasteiger partial charge >= 0.3 is 5.97 Å². The molecule has 0 bridgehead atoms. The van der Waals surface area contributed by atoms with Gasteiger partial charge in [0.25, 0.3) is 0 Å². The zero-order valence-corrected chi connectivity index (χ0v) is 17.2. The van der Waals surface area contributed by atoms with Gasteiger partial charge in [0, 0.05) is 11.6 Å². The summed E-state index contributed by atoms with van der Waals surface area (Å²) in [4.78, 5) is 24.7. The average Bonchev–Trinajstić information content (AvgIpc) is 2.67. The first-order valence-electron chi connectivity index (χ1n) is 9.08. The first kappa shape index (κ1) is 21.8. The summed E-state index contributed by atoms with van der Waals surface area (Å²) in [5.74, 6) is -0.989. The highest BCUT2D eigenvalue weighted by molar-refractivity contribution is 7.89. The molecule has 2 aromatic rings. The van der Waals surface area contributed by atoms with E-state index in [-0.39, 0.29) is 22.3 Å². The van der Waals surface area contributed by atoms with E-state index in [1.54, 1.807) is 19.1 Å². The van der Waals surface area contributed by atoms with E-state index in [0.717, 1.165) is 5.56 Å². The maximum Gasteiger partial charge on any atom is 0.338 e. The molecule has 0 aromatic heterocycles. The normalized spacial score (nSPS) is 13.6. The minimum atomic E-state index is -3.65. The van der Waals surface area contributed by atoms with E-state index < -0.39 is 22.1 Å². The lowest BCUT2D eigenvalue weighted by atomic mass is 10.1. The fourth-order valence-electron chi connectivity index (χ4n) is 2.42. The summed E-state index contributed by atoms with van der Waals surface area (Å²) in [6.45, 7) is 7.08. The largest absolute Gasteiger partial charge is 0.451 e. The lowest BCUT2D eigenvalue weighted by Gasteiger charge is -2.14. The molecular weight excluding hydrogens is 378 g/mol. The summed E-state index contributed by atoms with van der Waals surface area (Å²) in [6.07, 6.45) is -0.290. The van der Waals surface area contributed by atoms with Gasteiger partial charge in [-0.3, -0.25) is 4.79 Å². The van der Waals surface area contributed by atoms with Gasteiger partial charge in [-0.05, 0) is 51.5 Å². The minimum Gasteiger partial charge on any atom is -0.451 e. The Kier molecular flexibility index (Phi) is 7.10. The molecule has 2 atom stereocenters. The number of Topliss-reactive ketones (excluding diaryl/α,β-unsaturated/α-hetero) is 1. The van der Waals surface area contributed by atoms with Gasteiger partial charge in [0.1, 0.15) is 0 Å². The van der Waals surface area contributed by atoms with Crippen molar-refractivity contribution in [3.05, 3.63) is 65.2 Å². The number of ether oxygens (including phenoxy) is 1. The van der Waals surface area contributed by atoms with Crippen LogP contribution in [-0.4, -0.2) is 32.3 Å². The first-order valence-corrected chi connectivity index (χ1v) is 10.6. The molecule has 7 heteroatoms. The smallest absolute Gasteiger partial charge is 0.338 e. The molecule has 0 fully saturated rings. The summed E-state index contributed by atoms with van der Waals surface area (Å²) in [5.41, 5.74) is 1.66. The van der Waals surface area contributed by atoms with Gasteiger partial charge in [0.2, 0.25) is 15.8 Å². The molecule has 0 aliphatic heterocycles. The number of aryl methyl sites for hydroxylation is 1. The van der Waals surface area contributed by atoms with E-state index in [4.69, 9.17) is 4.74 Å². The molecule has 0 spiro atoms. The maximum absolute atomic E-state index is 12.4. The van der Waals surface area contributed by atoms with Gasteiger partial charge < -0.3 is 4.74 Å². The van der Waals surface area contributed by atoms with Crippen LogP contribution in [0.3, 0.4) is 0 Å². The van der Waals surface area contributed by atoms with Crippen LogP contribution in [0.15, 0.2) is 53.4 Å². The summed E-state index contributed by atoms with van der Waals surface area (Å²) in [5, 5.41) is 0. The van der Waals surface area contributed by atoms with E-state index in [9.17, 15) is 18.0 Å². The fourth-order valence-corrected chi connectivity index (χ4v) is 3.75. The van der Waals surface area contributed by atoms with Crippen molar-refractivity contribution in [3.63, 3.8) is 0 Å². The molecule has 150 valence electrons. The Morgan fingerprint density at radius 1 is 0.964 bits per heavy atom. The zero-order valence-electron chi connectivity index (χ0n) is 16.4. The minimum absolute atomic E-state index is 0.0631. The third-order valence-electron chi connectivity index (χ3n) is 4.36. The lowest BCUT2D eigenvalue weighted by molar-refractivity contribution is 0.0318. The maximum atomic E-state index is 12.4. The van der Waals surface area contributed by atoms with Crippen LogP contribution < -0.4 is 4.72 Å². The molecule has 0 aliphatic rings. The van der Waals surface area contributed by atoms with E-state index in [2.05, 4.69) is 4.72 Å². The highest BCUT2D eigenvalue weighted by atomic mass is 32.2. The number of hydrogen-bond donors (Lipinski definition) is 1. The van der Waals surface area contributed by atoms with Crippen molar-refractivity contribution in [3.8, 4) is 0 Å². The van der Waals surface area contributed by atoms with Gasteiger partial charge in [0.15, 0.2) is 6.10 Å². The second kappa shape index (κ2) is 9.12. The van der Waals surface area contributed by atoms with Crippen molar-refractivity contribution in [1.29, 1.82) is 0 Å². The van der Waals surface area contributed by atoms with Crippen molar-refractivity contribution in [2.45, 2.75) is 51.2 Å². The summed E-state index contributed by atoms with van der Waals surface area (Å²) >= 11 is 0. The summed E-state index contributed by atoms with van der Waals surface area (Å²) < 4.78 is 32.3. The number of carbonyl (C=O) groups is 2. The Hall–Kier alpha value is -2.51. The van der Waals surface area contributed by atoms with Gasteiger partial charge in [-0.25, -0.2) is 17.9 Å². The Morgan fingerprint density at radius 3 is 2.04 bits per heavy atom. The van der Waals surface area contributed by atoms with Crippen LogP contribution in [0.25, 0.3) is 0 Å². The Morgan fingerprint density at radius 2 is 1.50 bits per heavy atom. The standard InChI is InChI=1S/C21H25NO5S/c1-5-15(3)22-28(25,26)19-12-10-18(11-13-19)21(24)27-16(4)20(23)17-8-6-14(2)7-9-17/h6-13,15-16,22H,5H2,1-4H3/t15-,16-/m1/s1. The van der Waals surface area contributed by atoms with Crippen LogP contribution in [0.2, 0.25) is 0 Å². The predicted molar refractivity (Wildman–Crippen MR) is 107 cm³/mol. The monoisotopic (exact) mass is 403 g/mol. The Bertz CT molecular complexity index is 934. The van der Waals surface area contributed by atoms with Crippen molar-refractivity contribution >= 4 is 21.8 Å². The van der Waals surface area contributed by atoms with E-state index >= 15 is 0 Å². The second-order valence-corrected chi connectivity index (χ2v) is 8.45. The predicted octanol–water partition coefficient (Wildman–Crippen LogP) is 3.50. The molecule has 2 aromatic carbocycles. The second-order valence-electron chi connectivity index (χ2n) is 6.73. The van der Waals surface area contributed by atoms with Crippen LogP contribution >= 0.6 is 0 Å². The van der Waals surface area contributed by atoms with E-state index in [1.165, 1.54) is 31.2 Å². The third kappa shape index (κ3) is 5.50. The number of esters is 1. The highest BCUT2D eigenvalue weighted by Gasteiger charge is 2.21. The Balaban J connectivity index is 2.06. The average molecular weight is 404 g/mol. The molecule has 0 saturated carbocycles. The first-order chi connectivity index (χ1) is 13.1. The van der Waals surface area contributed by atoms with Crippen molar-refractivity contribution < 1.29 is 22.7 Å². The lowest BCUT2D eigenvalue weighted by Crippen LogP contribution is -2.32. The number of sulfonamides is 1. The Labute approximate surface area is 166 Å². The topological polar surface area (TPSA) is 89.5 Å². The number of hydrogen-bond acceptors (Lipinski definition) is 5. The SMILES string of the molecule is CC[C@@H](C)NS(=O)(=O)c1ccc(C(=O)O[C@H](C)C(=O)c2ccc(C)cc2)cc1. The molecule has 0 amide bonds. The van der Waals surface area contributed by atoms with Crippen molar-refractivity contribution in [1.82, 2.24) is 4.72 Å². The molecular formula is C21H25NO5S. The van der Waals surface area contributed by atoms with Crippen LogP contribution in [-0.2, 0) is 14.8 Å². The number of nitrogens with one attached hydrogen (secondary N) is 1. The number of rotatable bonds is 8. The van der Waals surface area contributed by atoms with E-state index in [1.807, 2.05) is 26.0 Å². The van der Waals surface area contributed by atoms with Crippen molar-refractivity contribution in [2.75, 3.05) is 0 Å². The van der Waals surface area contributed by atoms with E-state index in [0.29, 0.717) is 12.0 Å². The molecule has 0 saturated heterocycles. The molecule has 28 heavy (non-hydrogen) atoms. The quantitative estimate of drug-likeness (QED) is 0.538. The summed E-state index contributed by atoms with van der Waals surface area (Å²) in [7, 11) is -3.65. The number of ketones is 1. The molecule has 6 nitrogen and oxygen atoms in total. The van der Waals surface area contributed by atoms with Gasteiger partial charge in [0.05, 0.1) is 10.5 Å². The van der Waals surface area contributed by atoms with Crippen molar-refractivity contribution in [2.24, 2.45) is 0 Å². The van der Waals surface area contributed by atoms with Gasteiger partial charge in [-0.15, -0.1) is 0 Å². The van der Waals surface area contributed by atoms with Crippen LogP contribution in [0.1, 0.15) is 53.5 Å². The highest BCUT2D eigenvalue weighted by Crippen LogP contribution is 2.14. The van der Waals surface area contributed by atoms with Crippen LogP contribution in [0.4, 0.5) is 0 Å². The molecule has 1 N–H and O–H groups in total. The van der Waals surface area contributed by atoms with Crippen LogP contribution in [0, 0.1) is 6.92 Å². The fraction of sp³-hybridized carbons (Fsp3) is 0.333. The number of carbonyl (C=O) groups excluding carboxylic acids is 2. The molecule has 0 unspecified atom stereocenters. The zero-order chi connectivity index (χ0) is 20.9. The molecule has 2 rings (SSSR count). The number of benzene rings is 2.